The van der Waals surface area contributed by atoms with Crippen LogP contribution in [0.1, 0.15) is 6.42 Å². The first kappa shape index (κ1) is 10.4. The van der Waals surface area contributed by atoms with Gasteiger partial charge in [-0.25, -0.2) is 0 Å². The van der Waals surface area contributed by atoms with E-state index in [9.17, 15) is 0 Å². The van der Waals surface area contributed by atoms with Crippen LogP contribution in [0.4, 0.5) is 0 Å². The average Bonchev–Trinajstić information content (AvgIpc) is 1.84. The molecule has 2 N–H and O–H groups in total. The normalized spacial score (nSPS) is 13.2. The Morgan fingerprint density at radius 1 is 1.50 bits per heavy atom. The maximum atomic E-state index is 5.75. The van der Waals surface area contributed by atoms with Crippen LogP contribution in [0.2, 0.25) is 25.7 Å². The van der Waals surface area contributed by atoms with Gasteiger partial charge in [-0.1, -0.05) is 6.55 Å². The maximum Gasteiger partial charge on any atom is 0.173 e. The lowest BCUT2D eigenvalue weighted by molar-refractivity contribution is 0.585. The summed E-state index contributed by atoms with van der Waals surface area (Å²) in [6, 6.07) is 1.23. The maximum absolute atomic E-state index is 5.75. The highest BCUT2D eigenvalue weighted by Crippen LogP contribution is 2.11. The second kappa shape index (κ2) is 5.06. The predicted molar refractivity (Wildman–Crippen MR) is 51.5 cm³/mol. The van der Waals surface area contributed by atoms with E-state index in [2.05, 4.69) is 19.6 Å². The van der Waals surface area contributed by atoms with Gasteiger partial charge in [-0.3, -0.25) is 0 Å². The molecule has 0 fully saturated rings. The van der Waals surface area contributed by atoms with E-state index in [-0.39, 0.29) is 9.76 Å². The molecule has 0 radical (unpaired) electrons. The predicted octanol–water partition coefficient (Wildman–Crippen LogP) is 0.689. The van der Waals surface area contributed by atoms with Crippen molar-refractivity contribution in [3.63, 3.8) is 0 Å². The third kappa shape index (κ3) is 5.16. The van der Waals surface area contributed by atoms with Crippen LogP contribution in [-0.2, 0) is 4.12 Å². The monoisotopic (exact) mass is 177 g/mol. The Hall–Kier alpha value is 0.354. The fourth-order valence-electron chi connectivity index (χ4n) is 0.991. The van der Waals surface area contributed by atoms with E-state index in [1.165, 1.54) is 6.04 Å². The Balaban J connectivity index is 3.42. The lowest BCUT2D eigenvalue weighted by atomic mass is 10.5. The molecule has 2 nitrogen and oxygen atoms in total. The van der Waals surface area contributed by atoms with Gasteiger partial charge < -0.3 is 9.85 Å². The summed E-state index contributed by atoms with van der Waals surface area (Å²) in [5.74, 6) is 0. The second-order valence-electron chi connectivity index (χ2n) is 3.08. The van der Waals surface area contributed by atoms with Gasteiger partial charge in [0.2, 0.25) is 0 Å². The molecule has 0 aromatic carbocycles. The molecule has 0 saturated heterocycles. The first-order valence-electron chi connectivity index (χ1n) is 3.96. The topological polar surface area (TPSA) is 35.2 Å². The fourth-order valence-corrected chi connectivity index (χ4v) is 5.75. The lowest BCUT2D eigenvalue weighted by Crippen LogP contribution is -2.31. The fraction of sp³-hybridized carbons (Fsp3) is 1.00. The Labute approximate surface area is 67.2 Å². The molecule has 0 aliphatic rings. The molecule has 0 bridgehead atoms. The molecule has 0 amide bonds. The highest BCUT2D eigenvalue weighted by Gasteiger charge is 2.19. The van der Waals surface area contributed by atoms with Crippen molar-refractivity contribution in [3.05, 3.63) is 0 Å². The van der Waals surface area contributed by atoms with Crippen LogP contribution in [0.25, 0.3) is 0 Å². The first-order valence-corrected chi connectivity index (χ1v) is 9.07. The molecule has 10 heavy (non-hydrogen) atoms. The highest BCUT2D eigenvalue weighted by molar-refractivity contribution is 6.74. The smallest absolute Gasteiger partial charge is 0.173 e. The van der Waals surface area contributed by atoms with E-state index in [1.807, 2.05) is 0 Å². The molecule has 0 aromatic rings. The van der Waals surface area contributed by atoms with Gasteiger partial charge in [0, 0.05) is 0 Å². The lowest BCUT2D eigenvalue weighted by Gasteiger charge is -2.21. The minimum Gasteiger partial charge on any atom is -0.461 e. The van der Waals surface area contributed by atoms with Crippen molar-refractivity contribution in [1.82, 2.24) is 0 Å². The van der Waals surface area contributed by atoms with Gasteiger partial charge in [-0.2, -0.15) is 0 Å². The molecule has 0 aliphatic carbocycles. The van der Waals surface area contributed by atoms with E-state index >= 15 is 0 Å². The van der Waals surface area contributed by atoms with Gasteiger partial charge in [0.25, 0.3) is 0 Å². The van der Waals surface area contributed by atoms with Crippen molar-refractivity contribution in [1.29, 1.82) is 0 Å². The minimum absolute atomic E-state index is 0.197. The molecular formula is C6H19NOSi2. The van der Waals surface area contributed by atoms with Gasteiger partial charge >= 0.3 is 0 Å². The summed E-state index contributed by atoms with van der Waals surface area (Å²) in [6.45, 7) is 7.56. The van der Waals surface area contributed by atoms with Crippen molar-refractivity contribution in [2.24, 2.45) is 5.73 Å². The molecule has 0 aliphatic heterocycles. The van der Waals surface area contributed by atoms with Crippen LogP contribution in [0.15, 0.2) is 0 Å². The second-order valence-corrected chi connectivity index (χ2v) is 8.84. The van der Waals surface area contributed by atoms with Crippen LogP contribution in [0.5, 0.6) is 0 Å². The average molecular weight is 177 g/mol. The molecule has 0 spiro atoms. The van der Waals surface area contributed by atoms with Crippen LogP contribution in [0.3, 0.4) is 0 Å². The van der Waals surface area contributed by atoms with Crippen LogP contribution in [-0.4, -0.2) is 24.6 Å². The molecule has 62 valence electrons. The van der Waals surface area contributed by atoms with Crippen LogP contribution >= 0.6 is 0 Å². The Bertz CT molecular complexity index is 87.8. The molecule has 0 atom stereocenters. The van der Waals surface area contributed by atoms with Crippen molar-refractivity contribution < 1.29 is 4.12 Å². The highest BCUT2D eigenvalue weighted by atomic mass is 28.4. The zero-order chi connectivity index (χ0) is 8.04. The van der Waals surface area contributed by atoms with Crippen molar-refractivity contribution in [2.45, 2.75) is 32.1 Å². The summed E-state index contributed by atoms with van der Waals surface area (Å²) < 4.78 is 5.75. The first-order chi connectivity index (χ1) is 4.62. The molecule has 0 unspecified atom stereocenters. The zero-order valence-corrected chi connectivity index (χ0v) is 9.73. The van der Waals surface area contributed by atoms with Crippen LogP contribution < -0.4 is 5.73 Å². The van der Waals surface area contributed by atoms with E-state index < -0.39 is 8.32 Å². The zero-order valence-electron chi connectivity index (χ0n) is 7.31. The summed E-state index contributed by atoms with van der Waals surface area (Å²) in [5, 5.41) is 0. The van der Waals surface area contributed by atoms with Gasteiger partial charge in [-0.05, 0) is 32.1 Å². The minimum atomic E-state index is -1.24. The molecule has 0 heterocycles. The van der Waals surface area contributed by atoms with Gasteiger partial charge in [-0.15, -0.1) is 0 Å². The van der Waals surface area contributed by atoms with E-state index in [0.29, 0.717) is 0 Å². The SMILES string of the molecule is C[SiH2]O[Si](C)(C)CCCN. The van der Waals surface area contributed by atoms with Crippen molar-refractivity contribution >= 4 is 18.1 Å². The molecular weight excluding hydrogens is 158 g/mol. The molecule has 0 rings (SSSR count). The number of hydrogen-bond acceptors (Lipinski definition) is 2. The summed E-state index contributed by atoms with van der Waals surface area (Å²) in [6.07, 6.45) is 1.13. The van der Waals surface area contributed by atoms with Gasteiger partial charge in [0.05, 0.1) is 0 Å². The summed E-state index contributed by atoms with van der Waals surface area (Å²) in [7, 11) is -1.44. The van der Waals surface area contributed by atoms with Gasteiger partial charge in [0.1, 0.15) is 9.76 Å². The molecule has 0 aromatic heterocycles. The van der Waals surface area contributed by atoms with E-state index in [1.54, 1.807) is 0 Å². The summed E-state index contributed by atoms with van der Waals surface area (Å²) in [4.78, 5) is 0. The molecule has 0 saturated carbocycles. The quantitative estimate of drug-likeness (QED) is 0.627. The van der Waals surface area contributed by atoms with Crippen molar-refractivity contribution in [3.8, 4) is 0 Å². The van der Waals surface area contributed by atoms with E-state index in [0.717, 1.165) is 13.0 Å². The Morgan fingerprint density at radius 3 is 2.50 bits per heavy atom. The number of nitrogens with two attached hydrogens (primary N) is 1. The Kier molecular flexibility index (Phi) is 5.24. The van der Waals surface area contributed by atoms with Gasteiger partial charge in [0.15, 0.2) is 8.32 Å². The van der Waals surface area contributed by atoms with E-state index in [4.69, 9.17) is 9.85 Å². The molecule has 4 heteroatoms. The van der Waals surface area contributed by atoms with Crippen LogP contribution in [0, 0.1) is 0 Å². The Morgan fingerprint density at radius 2 is 2.10 bits per heavy atom. The third-order valence-electron chi connectivity index (χ3n) is 1.52. The van der Waals surface area contributed by atoms with Crippen molar-refractivity contribution in [2.75, 3.05) is 6.54 Å². The summed E-state index contributed by atoms with van der Waals surface area (Å²) in [5.41, 5.74) is 5.41. The number of rotatable bonds is 5. The standard InChI is InChI=1S/C6H19NOSi2/c1-9-8-10(2,3)6-4-5-7/h4-7,9H2,1-3H3. The summed E-state index contributed by atoms with van der Waals surface area (Å²) >= 11 is 0. The third-order valence-corrected chi connectivity index (χ3v) is 7.36. The largest absolute Gasteiger partial charge is 0.461 e. The number of hydrogen-bond donors (Lipinski definition) is 1.